The number of alkyl halides is 1. The van der Waals surface area contributed by atoms with Gasteiger partial charge >= 0.3 is 0 Å². The van der Waals surface area contributed by atoms with Crippen molar-refractivity contribution in [3.8, 4) is 0 Å². The van der Waals surface area contributed by atoms with Crippen LogP contribution in [0.5, 0.6) is 0 Å². The lowest BCUT2D eigenvalue weighted by molar-refractivity contribution is -0.136. The Hall–Kier alpha value is -0.0900. The maximum Gasteiger partial charge on any atom is 0.225 e. The molecule has 1 atom stereocenters. The Kier molecular flexibility index (Phi) is 11.0. The molecule has 1 unspecified atom stereocenters. The van der Waals surface area contributed by atoms with Crippen molar-refractivity contribution in [3.05, 3.63) is 0 Å². The lowest BCUT2D eigenvalue weighted by Crippen LogP contribution is -2.39. The first-order chi connectivity index (χ1) is 8.21. The average molecular weight is 308 g/mol. The van der Waals surface area contributed by atoms with Gasteiger partial charge in [0, 0.05) is 31.4 Å². The van der Waals surface area contributed by atoms with Gasteiger partial charge in [-0.05, 0) is 12.8 Å². The molecule has 102 valence electrons. The van der Waals surface area contributed by atoms with Crippen molar-refractivity contribution >= 4 is 21.8 Å². The normalized spacial score (nSPS) is 12.5. The first kappa shape index (κ1) is 16.9. The van der Waals surface area contributed by atoms with Crippen LogP contribution in [0.15, 0.2) is 0 Å². The van der Waals surface area contributed by atoms with Crippen LogP contribution in [0, 0.1) is 5.92 Å². The van der Waals surface area contributed by atoms with Gasteiger partial charge in [0.25, 0.3) is 0 Å². The highest BCUT2D eigenvalue weighted by atomic mass is 79.9. The lowest BCUT2D eigenvalue weighted by Gasteiger charge is -2.26. The second kappa shape index (κ2) is 11.0. The fourth-order valence-corrected chi connectivity index (χ4v) is 2.27. The van der Waals surface area contributed by atoms with E-state index in [1.165, 1.54) is 0 Å². The Labute approximate surface area is 114 Å². The summed E-state index contributed by atoms with van der Waals surface area (Å²) in [7, 11) is 1.67. The van der Waals surface area contributed by atoms with E-state index in [4.69, 9.17) is 4.74 Å². The summed E-state index contributed by atoms with van der Waals surface area (Å²) in [6.45, 7) is 6.34. The van der Waals surface area contributed by atoms with E-state index in [1.54, 1.807) is 7.11 Å². The molecule has 0 saturated carbocycles. The topological polar surface area (TPSA) is 29.5 Å². The monoisotopic (exact) mass is 307 g/mol. The summed E-state index contributed by atoms with van der Waals surface area (Å²) in [5.41, 5.74) is 0. The molecule has 4 heteroatoms. The molecular weight excluding hydrogens is 282 g/mol. The summed E-state index contributed by atoms with van der Waals surface area (Å²) < 4.78 is 5.05. The Morgan fingerprint density at radius 1 is 1.35 bits per heavy atom. The van der Waals surface area contributed by atoms with Crippen molar-refractivity contribution in [1.29, 1.82) is 0 Å². The molecule has 0 heterocycles. The molecule has 1 amide bonds. The fraction of sp³-hybridized carbons (Fsp3) is 0.923. The zero-order chi connectivity index (χ0) is 13.1. The third-order valence-corrected chi connectivity index (χ3v) is 3.33. The molecule has 0 aliphatic rings. The number of ether oxygens (including phenoxy) is 1. The van der Waals surface area contributed by atoms with E-state index in [9.17, 15) is 4.79 Å². The van der Waals surface area contributed by atoms with Gasteiger partial charge < -0.3 is 9.64 Å². The van der Waals surface area contributed by atoms with Crippen molar-refractivity contribution in [3.63, 3.8) is 0 Å². The zero-order valence-electron chi connectivity index (χ0n) is 11.4. The van der Waals surface area contributed by atoms with Gasteiger partial charge in [-0.3, -0.25) is 4.79 Å². The molecule has 0 fully saturated rings. The first-order valence-electron chi connectivity index (χ1n) is 6.54. The molecule has 0 aliphatic heterocycles. The van der Waals surface area contributed by atoms with Crippen LogP contribution in [0.4, 0.5) is 0 Å². The van der Waals surface area contributed by atoms with Crippen molar-refractivity contribution < 1.29 is 9.53 Å². The maximum atomic E-state index is 12.3. The van der Waals surface area contributed by atoms with Crippen LogP contribution in [0.1, 0.15) is 39.5 Å². The summed E-state index contributed by atoms with van der Waals surface area (Å²) in [6, 6.07) is 0. The van der Waals surface area contributed by atoms with Crippen molar-refractivity contribution in [2.45, 2.75) is 39.5 Å². The van der Waals surface area contributed by atoms with E-state index in [2.05, 4.69) is 29.8 Å². The molecule has 0 radical (unpaired) electrons. The Morgan fingerprint density at radius 3 is 2.53 bits per heavy atom. The minimum Gasteiger partial charge on any atom is -0.383 e. The standard InChI is InChI=1S/C13H26BrNO2/c1-4-6-7-12(5-2)13(16)15(9-8-14)10-11-17-3/h12H,4-11H2,1-3H3. The van der Waals surface area contributed by atoms with E-state index in [1.807, 2.05) is 4.90 Å². The number of halogens is 1. The van der Waals surface area contributed by atoms with E-state index >= 15 is 0 Å². The van der Waals surface area contributed by atoms with Gasteiger partial charge in [-0.15, -0.1) is 0 Å². The molecule has 0 N–H and O–H groups in total. The number of carbonyl (C=O) groups excluding carboxylic acids is 1. The molecule has 0 spiro atoms. The Morgan fingerprint density at radius 2 is 2.06 bits per heavy atom. The zero-order valence-corrected chi connectivity index (χ0v) is 13.0. The number of rotatable bonds is 10. The third kappa shape index (κ3) is 7.04. The average Bonchev–Trinajstić information content (AvgIpc) is 2.35. The number of hydrogen-bond acceptors (Lipinski definition) is 2. The summed E-state index contributed by atoms with van der Waals surface area (Å²) >= 11 is 3.40. The smallest absolute Gasteiger partial charge is 0.225 e. The van der Waals surface area contributed by atoms with Gasteiger partial charge in [-0.2, -0.15) is 0 Å². The summed E-state index contributed by atoms with van der Waals surface area (Å²) in [5, 5.41) is 0.826. The van der Waals surface area contributed by atoms with Gasteiger partial charge in [0.1, 0.15) is 0 Å². The predicted octanol–water partition coefficient (Wildman–Crippen LogP) is 3.07. The Balaban J connectivity index is 4.32. The number of nitrogens with zero attached hydrogens (tertiary/aromatic N) is 1. The molecular formula is C13H26BrNO2. The number of carbonyl (C=O) groups is 1. The second-order valence-electron chi connectivity index (χ2n) is 4.25. The van der Waals surface area contributed by atoms with E-state index < -0.39 is 0 Å². The quantitative estimate of drug-likeness (QED) is 0.581. The van der Waals surface area contributed by atoms with Gasteiger partial charge in [-0.25, -0.2) is 0 Å². The highest BCUT2D eigenvalue weighted by Gasteiger charge is 2.21. The van der Waals surface area contributed by atoms with Crippen LogP contribution in [-0.2, 0) is 9.53 Å². The molecule has 0 aromatic rings. The van der Waals surface area contributed by atoms with Gasteiger partial charge in [0.15, 0.2) is 0 Å². The SMILES string of the molecule is CCCCC(CC)C(=O)N(CCBr)CCOC. The van der Waals surface area contributed by atoms with Crippen LogP contribution < -0.4 is 0 Å². The second-order valence-corrected chi connectivity index (χ2v) is 5.05. The molecule has 0 aromatic heterocycles. The molecule has 0 aliphatic carbocycles. The number of hydrogen-bond donors (Lipinski definition) is 0. The summed E-state index contributed by atoms with van der Waals surface area (Å²) in [4.78, 5) is 14.2. The highest BCUT2D eigenvalue weighted by molar-refractivity contribution is 9.09. The van der Waals surface area contributed by atoms with Gasteiger partial charge in [0.2, 0.25) is 5.91 Å². The number of unbranched alkanes of at least 4 members (excludes halogenated alkanes) is 1. The predicted molar refractivity (Wildman–Crippen MR) is 75.6 cm³/mol. The van der Waals surface area contributed by atoms with Gasteiger partial charge in [0.05, 0.1) is 6.61 Å². The summed E-state index contributed by atoms with van der Waals surface area (Å²) in [5.74, 6) is 0.475. The molecule has 0 bridgehead atoms. The van der Waals surface area contributed by atoms with Gasteiger partial charge in [-0.1, -0.05) is 42.6 Å². The number of methoxy groups -OCH3 is 1. The first-order valence-corrected chi connectivity index (χ1v) is 7.67. The summed E-state index contributed by atoms with van der Waals surface area (Å²) in [6.07, 6.45) is 4.24. The van der Waals surface area contributed by atoms with Crippen molar-refractivity contribution in [2.75, 3.05) is 32.1 Å². The molecule has 0 aromatic carbocycles. The molecule has 0 saturated heterocycles. The maximum absolute atomic E-state index is 12.3. The van der Waals surface area contributed by atoms with Crippen molar-refractivity contribution in [2.24, 2.45) is 5.92 Å². The Bertz CT molecular complexity index is 200. The lowest BCUT2D eigenvalue weighted by atomic mass is 9.98. The highest BCUT2D eigenvalue weighted by Crippen LogP contribution is 2.16. The van der Waals surface area contributed by atoms with Crippen LogP contribution in [0.3, 0.4) is 0 Å². The number of amides is 1. The molecule has 3 nitrogen and oxygen atoms in total. The van der Waals surface area contributed by atoms with E-state index in [-0.39, 0.29) is 11.8 Å². The van der Waals surface area contributed by atoms with Crippen molar-refractivity contribution in [1.82, 2.24) is 4.90 Å². The van der Waals surface area contributed by atoms with E-state index in [0.717, 1.165) is 37.6 Å². The minimum absolute atomic E-state index is 0.186. The third-order valence-electron chi connectivity index (χ3n) is 2.98. The van der Waals surface area contributed by atoms with Crippen LogP contribution in [-0.4, -0.2) is 42.9 Å². The van der Waals surface area contributed by atoms with Crippen LogP contribution >= 0.6 is 15.9 Å². The van der Waals surface area contributed by atoms with E-state index in [0.29, 0.717) is 13.2 Å². The fourth-order valence-electron chi connectivity index (χ4n) is 1.85. The molecule has 17 heavy (non-hydrogen) atoms. The van der Waals surface area contributed by atoms with Crippen LogP contribution in [0.2, 0.25) is 0 Å². The van der Waals surface area contributed by atoms with Crippen LogP contribution in [0.25, 0.3) is 0 Å². The molecule has 0 rings (SSSR count). The minimum atomic E-state index is 0.186. The largest absolute Gasteiger partial charge is 0.383 e.